The van der Waals surface area contributed by atoms with Gasteiger partial charge in [0.1, 0.15) is 0 Å². The van der Waals surface area contributed by atoms with Gasteiger partial charge < -0.3 is 0 Å². The van der Waals surface area contributed by atoms with Crippen LogP contribution in [0.5, 0.6) is 0 Å². The van der Waals surface area contributed by atoms with Crippen LogP contribution in [0.2, 0.25) is 0 Å². The molecule has 326 valence electrons. The second-order valence-electron chi connectivity index (χ2n) is 17.7. The van der Waals surface area contributed by atoms with Gasteiger partial charge in [0.2, 0.25) is 0 Å². The molecule has 6 aromatic carbocycles. The molecule has 0 saturated carbocycles. The zero-order valence-corrected chi connectivity index (χ0v) is 44.0. The molecule has 0 amide bonds. The molecular weight excluding hydrogens is 878 g/mol. The molecule has 0 aliphatic heterocycles. The van der Waals surface area contributed by atoms with Crippen LogP contribution < -0.4 is 29.4 Å². The van der Waals surface area contributed by atoms with Gasteiger partial charge in [-0.2, -0.15) is 0 Å². The van der Waals surface area contributed by atoms with Crippen molar-refractivity contribution < 1.29 is 0 Å². The van der Waals surface area contributed by atoms with Crippen molar-refractivity contribution in [3.8, 4) is 0 Å². The van der Waals surface area contributed by atoms with Crippen molar-refractivity contribution in [1.82, 2.24) is 0 Å². The van der Waals surface area contributed by atoms with Gasteiger partial charge in [0.15, 0.2) is 0 Å². The summed E-state index contributed by atoms with van der Waals surface area (Å²) in [5.41, 5.74) is 17.1. The summed E-state index contributed by atoms with van der Waals surface area (Å²) >= 11 is -3.08. The third-order valence-corrected chi connectivity index (χ3v) is 22.6. The van der Waals surface area contributed by atoms with E-state index in [2.05, 4.69) is 260 Å². The van der Waals surface area contributed by atoms with Gasteiger partial charge in [-0.3, -0.25) is 0 Å². The van der Waals surface area contributed by atoms with E-state index in [1.165, 1.54) is 99.0 Å². The third-order valence-electron chi connectivity index (χ3n) is 11.5. The summed E-state index contributed by atoms with van der Waals surface area (Å²) in [6, 6.07) is 53.6. The minimum absolute atomic E-state index is 1.22. The van der Waals surface area contributed by atoms with Crippen molar-refractivity contribution in [3.05, 3.63) is 179 Å². The van der Waals surface area contributed by atoms with E-state index in [-0.39, 0.29) is 0 Å². The molecule has 2 radical (unpaired) electrons. The van der Waals surface area contributed by atoms with Gasteiger partial charge in [-0.05, 0) is 0 Å². The van der Waals surface area contributed by atoms with Gasteiger partial charge in [-0.25, -0.2) is 0 Å². The monoisotopic (exact) mass is 952 g/mol. The molecule has 0 aliphatic carbocycles. The molecule has 0 bridgehead atoms. The Balaban J connectivity index is 0.000000234. The summed E-state index contributed by atoms with van der Waals surface area (Å²) in [4.78, 5) is 13.5. The number of hydrogen-bond acceptors (Lipinski definition) is 6. The van der Waals surface area contributed by atoms with Crippen LogP contribution in [0, 0.1) is 0 Å². The average Bonchev–Trinajstić information content (AvgIpc) is 3.24. The molecule has 0 heterocycles. The summed E-state index contributed by atoms with van der Waals surface area (Å²) in [6.45, 7) is 0. The maximum absolute atomic E-state index is 2.33. The second kappa shape index (κ2) is 23.6. The number of rotatable bonds is 18. The molecule has 0 saturated heterocycles. The van der Waals surface area contributed by atoms with Gasteiger partial charge in [0.25, 0.3) is 0 Å². The van der Waals surface area contributed by atoms with Crippen LogP contribution in [-0.4, -0.2) is 113 Å². The van der Waals surface area contributed by atoms with Crippen LogP contribution in [0.1, 0.15) is 33.4 Å². The van der Waals surface area contributed by atoms with Crippen molar-refractivity contribution in [3.63, 3.8) is 0 Å². The predicted octanol–water partition coefficient (Wildman–Crippen LogP) is 10.0. The molecular formula is C54H72Ge2N6. The fraction of sp³-hybridized carbons (Fsp3) is 0.333. The van der Waals surface area contributed by atoms with Crippen molar-refractivity contribution in [2.24, 2.45) is 0 Å². The van der Waals surface area contributed by atoms with E-state index in [0.717, 1.165) is 0 Å². The fourth-order valence-electron chi connectivity index (χ4n) is 8.57. The molecule has 0 atom stereocenters. The first-order valence-corrected chi connectivity index (χ1v) is 30.8. The van der Waals surface area contributed by atoms with Crippen molar-refractivity contribution in [2.45, 2.75) is 31.5 Å². The molecule has 0 N–H and O–H groups in total. The van der Waals surface area contributed by atoms with Crippen LogP contribution in [-0.2, 0) is 31.5 Å². The zero-order valence-electron chi connectivity index (χ0n) is 39.8. The van der Waals surface area contributed by atoms with E-state index in [0.29, 0.717) is 0 Å². The molecule has 0 unspecified atom stereocenters. The molecule has 62 heavy (non-hydrogen) atoms. The number of anilines is 6. The average molecular weight is 950 g/mol. The summed E-state index contributed by atoms with van der Waals surface area (Å²) in [5, 5.41) is 7.32. The number of nitrogens with zero attached hydrogens (tertiary/aromatic N) is 6. The van der Waals surface area contributed by atoms with Crippen LogP contribution in [0.15, 0.2) is 146 Å². The Bertz CT molecular complexity index is 1870. The zero-order chi connectivity index (χ0) is 44.8. The van der Waals surface area contributed by atoms with Crippen LogP contribution in [0.3, 0.4) is 0 Å². The van der Waals surface area contributed by atoms with Crippen LogP contribution >= 0.6 is 0 Å². The van der Waals surface area contributed by atoms with E-state index in [1.807, 2.05) is 0 Å². The molecule has 8 heteroatoms. The van der Waals surface area contributed by atoms with Gasteiger partial charge in [-0.1, -0.05) is 0 Å². The van der Waals surface area contributed by atoms with Gasteiger partial charge in [0, 0.05) is 0 Å². The van der Waals surface area contributed by atoms with E-state index in [4.69, 9.17) is 0 Å². The normalized spacial score (nSPS) is 10.9. The first-order valence-electron chi connectivity index (χ1n) is 21.9. The Morgan fingerprint density at radius 1 is 0.226 bits per heavy atom. The number of para-hydroxylation sites is 6. The maximum atomic E-state index is 2.33. The van der Waals surface area contributed by atoms with E-state index in [9.17, 15) is 0 Å². The number of benzene rings is 6. The molecule has 0 fully saturated rings. The first-order chi connectivity index (χ1) is 29.7. The Morgan fingerprint density at radius 2 is 0.355 bits per heavy atom. The van der Waals surface area contributed by atoms with Crippen molar-refractivity contribution in [2.75, 3.05) is 114 Å². The summed E-state index contributed by atoms with van der Waals surface area (Å²) in [6.07, 6.45) is 0. The minimum atomic E-state index is -1.54. The first kappa shape index (κ1) is 48.2. The van der Waals surface area contributed by atoms with Gasteiger partial charge >= 0.3 is 387 Å². The van der Waals surface area contributed by atoms with E-state index < -0.39 is 28.7 Å². The Morgan fingerprint density at radius 3 is 0.484 bits per heavy atom. The third kappa shape index (κ3) is 13.6. The molecule has 0 spiro atoms. The van der Waals surface area contributed by atoms with Gasteiger partial charge in [-0.15, -0.1) is 0 Å². The second-order valence-corrected chi connectivity index (χ2v) is 28.4. The molecule has 6 aromatic rings. The standard InChI is InChI=1S/2C27H36GeN3/c2*1-29(2)25-16-10-7-13-22(25)19-28(20-23-14-8-11-17-26(23)30(3)4)21-24-15-9-12-18-27(24)31(5)6/h2*7-18H,19-21H2,1-6H3. The summed E-state index contributed by atoms with van der Waals surface area (Å²) in [7, 11) is 25.8. The van der Waals surface area contributed by atoms with E-state index >= 15 is 0 Å². The summed E-state index contributed by atoms with van der Waals surface area (Å²) < 4.78 is 0. The molecule has 6 nitrogen and oxygen atoms in total. The van der Waals surface area contributed by atoms with Gasteiger partial charge in [0.05, 0.1) is 0 Å². The molecule has 0 aromatic heterocycles. The van der Waals surface area contributed by atoms with Crippen LogP contribution in [0.25, 0.3) is 0 Å². The Hall–Kier alpha value is -4.79. The number of hydrogen-bond donors (Lipinski definition) is 0. The molecule has 0 aliphatic rings. The Kier molecular flexibility index (Phi) is 18.4. The van der Waals surface area contributed by atoms with Crippen molar-refractivity contribution >= 4 is 62.8 Å². The quantitative estimate of drug-likeness (QED) is 0.0795. The van der Waals surface area contributed by atoms with Crippen molar-refractivity contribution in [1.29, 1.82) is 0 Å². The topological polar surface area (TPSA) is 19.4 Å². The summed E-state index contributed by atoms with van der Waals surface area (Å²) in [5.74, 6) is 0. The predicted molar refractivity (Wildman–Crippen MR) is 278 cm³/mol. The SMILES string of the molecule is CN(C)c1ccccc1[CH2][Ge]([CH2]c1ccccc1N(C)C)[CH2]c1ccccc1N(C)C.CN(C)c1ccccc1[CH2][Ge]([CH2]c1ccccc1N(C)C)[CH2]c1ccccc1N(C)C. The fourth-order valence-corrected chi connectivity index (χ4v) is 20.7. The molecule has 6 rings (SSSR count). The van der Waals surface area contributed by atoms with E-state index in [1.54, 1.807) is 0 Å². The van der Waals surface area contributed by atoms with Crippen LogP contribution in [0.4, 0.5) is 34.1 Å². The Labute approximate surface area is 385 Å².